The van der Waals surface area contributed by atoms with Crippen molar-refractivity contribution >= 4 is 5.91 Å². The maximum absolute atomic E-state index is 15.3. The molecule has 0 radical (unpaired) electrons. The van der Waals surface area contributed by atoms with E-state index < -0.39 is 17.2 Å². The van der Waals surface area contributed by atoms with Crippen molar-refractivity contribution in [1.29, 1.82) is 0 Å². The van der Waals surface area contributed by atoms with Gasteiger partial charge in [-0.05, 0) is 43.8 Å². The molecule has 5 heteroatoms. The Labute approximate surface area is 135 Å². The van der Waals surface area contributed by atoms with Gasteiger partial charge in [-0.3, -0.25) is 4.79 Å². The fraction of sp³-hybridized carbons (Fsp3) is 0.611. The average Bonchev–Trinajstić information content (AvgIpc) is 3.11. The highest BCUT2D eigenvalue weighted by Gasteiger charge is 2.85. The van der Waals surface area contributed by atoms with Crippen molar-refractivity contribution in [3.8, 4) is 0 Å². The van der Waals surface area contributed by atoms with Crippen molar-refractivity contribution < 1.29 is 13.9 Å². The molecule has 124 valence electrons. The lowest BCUT2D eigenvalue weighted by molar-refractivity contribution is -0.147. The first-order chi connectivity index (χ1) is 11.2. The molecule has 1 aromatic rings. The van der Waals surface area contributed by atoms with Crippen molar-refractivity contribution in [1.82, 2.24) is 10.6 Å². The fourth-order valence-corrected chi connectivity index (χ4v) is 4.73. The molecule has 23 heavy (non-hydrogen) atoms. The zero-order valence-corrected chi connectivity index (χ0v) is 13.2. The Morgan fingerprint density at radius 3 is 2.61 bits per heavy atom. The summed E-state index contributed by atoms with van der Waals surface area (Å²) in [6.45, 7) is 2.63. The van der Waals surface area contributed by atoms with E-state index in [1.165, 1.54) is 0 Å². The van der Waals surface area contributed by atoms with E-state index in [0.29, 0.717) is 19.6 Å². The molecule has 3 fully saturated rings. The maximum atomic E-state index is 15.3. The predicted octanol–water partition coefficient (Wildman–Crippen LogP) is 1.45. The Morgan fingerprint density at radius 2 is 1.91 bits per heavy atom. The largest absolute Gasteiger partial charge is 0.359 e. The molecule has 3 unspecified atom stereocenters. The summed E-state index contributed by atoms with van der Waals surface area (Å²) in [5, 5.41) is 6.16. The number of amides is 1. The summed E-state index contributed by atoms with van der Waals surface area (Å²) in [7, 11) is 0. The number of hydrogen-bond acceptors (Lipinski definition) is 3. The number of rotatable bonds is 3. The van der Waals surface area contributed by atoms with E-state index in [1.807, 2.05) is 30.3 Å². The summed E-state index contributed by atoms with van der Waals surface area (Å²) < 4.78 is 21.1. The smallest absolute Gasteiger partial charge is 0.256 e. The van der Waals surface area contributed by atoms with E-state index >= 15 is 4.39 Å². The molecule has 1 amide bonds. The number of nitrogens with one attached hydrogen (secondary N) is 2. The van der Waals surface area contributed by atoms with E-state index in [2.05, 4.69) is 10.6 Å². The van der Waals surface area contributed by atoms with Crippen LogP contribution in [0.4, 0.5) is 4.39 Å². The molecular weight excluding hydrogens is 295 g/mol. The summed E-state index contributed by atoms with van der Waals surface area (Å²) in [4.78, 5) is 12.5. The number of carbonyl (C=O) groups is 1. The second-order valence-electron chi connectivity index (χ2n) is 6.93. The van der Waals surface area contributed by atoms with Crippen molar-refractivity contribution in [2.24, 2.45) is 11.3 Å². The molecular formula is C18H23FN2O2. The van der Waals surface area contributed by atoms with Crippen molar-refractivity contribution in [2.75, 3.05) is 26.2 Å². The van der Waals surface area contributed by atoms with Crippen LogP contribution in [0.3, 0.4) is 0 Å². The highest BCUT2D eigenvalue weighted by Crippen LogP contribution is 2.68. The summed E-state index contributed by atoms with van der Waals surface area (Å²) in [6, 6.07) is 9.93. The Balaban J connectivity index is 1.71. The molecule has 3 aliphatic rings. The van der Waals surface area contributed by atoms with Crippen LogP contribution in [0.25, 0.3) is 0 Å². The summed E-state index contributed by atoms with van der Waals surface area (Å²) in [5.74, 6) is -0.0893. The zero-order valence-electron chi connectivity index (χ0n) is 13.2. The maximum Gasteiger partial charge on any atom is 0.256 e. The molecule has 2 heterocycles. The van der Waals surface area contributed by atoms with Gasteiger partial charge in [-0.15, -0.1) is 0 Å². The number of ether oxygens (including phenoxy) is 1. The van der Waals surface area contributed by atoms with Crippen LogP contribution < -0.4 is 10.6 Å². The van der Waals surface area contributed by atoms with Gasteiger partial charge in [-0.1, -0.05) is 30.3 Å². The summed E-state index contributed by atoms with van der Waals surface area (Å²) in [6.07, 6.45) is 1.13. The molecule has 4 rings (SSSR count). The molecule has 4 nitrogen and oxygen atoms in total. The number of hydrogen-bond donors (Lipinski definition) is 2. The Hall–Kier alpha value is -1.46. The number of alkyl halides is 1. The fourth-order valence-electron chi connectivity index (χ4n) is 4.73. The highest BCUT2D eigenvalue weighted by atomic mass is 19.1. The standard InChI is InChI=1S/C18H23FN2O2/c19-15-17(14-6-8-20-9-7-14,12-13-4-2-1-3-5-13)18(15)16(22)21-10-11-23-18/h1-5,14-15,20H,6-12H2,(H,21,22). The average molecular weight is 318 g/mol. The minimum Gasteiger partial charge on any atom is -0.359 e. The highest BCUT2D eigenvalue weighted by molar-refractivity contribution is 5.92. The van der Waals surface area contributed by atoms with Crippen molar-refractivity contribution in [3.63, 3.8) is 0 Å². The van der Waals surface area contributed by atoms with E-state index in [1.54, 1.807) is 0 Å². The summed E-state index contributed by atoms with van der Waals surface area (Å²) >= 11 is 0. The molecule has 0 aromatic heterocycles. The van der Waals surface area contributed by atoms with Crippen molar-refractivity contribution in [3.05, 3.63) is 35.9 Å². The molecule has 1 spiro atoms. The predicted molar refractivity (Wildman–Crippen MR) is 84.8 cm³/mol. The second-order valence-corrected chi connectivity index (χ2v) is 6.93. The van der Waals surface area contributed by atoms with Crippen molar-refractivity contribution in [2.45, 2.75) is 31.0 Å². The quantitative estimate of drug-likeness (QED) is 0.887. The minimum absolute atomic E-state index is 0.169. The lowest BCUT2D eigenvalue weighted by atomic mass is 9.75. The van der Waals surface area contributed by atoms with Crippen LogP contribution in [-0.4, -0.2) is 43.9 Å². The molecule has 0 bridgehead atoms. The van der Waals surface area contributed by atoms with Gasteiger partial charge >= 0.3 is 0 Å². The van der Waals surface area contributed by atoms with Gasteiger partial charge in [-0.25, -0.2) is 4.39 Å². The molecule has 2 aliphatic heterocycles. The van der Waals surface area contributed by atoms with Crippen LogP contribution in [0.15, 0.2) is 30.3 Å². The number of piperidine rings is 1. The molecule has 1 saturated carbocycles. The molecule has 3 atom stereocenters. The SMILES string of the molecule is O=C1NCCOC12C(F)C2(Cc1ccccc1)C1CCNCC1. The van der Waals surface area contributed by atoms with Gasteiger partial charge in [0.25, 0.3) is 5.91 Å². The molecule has 1 aromatic carbocycles. The third-order valence-electron chi connectivity index (χ3n) is 5.88. The van der Waals surface area contributed by atoms with E-state index in [0.717, 1.165) is 31.5 Å². The topological polar surface area (TPSA) is 50.4 Å². The first kappa shape index (κ1) is 15.1. The van der Waals surface area contributed by atoms with Crippen LogP contribution in [0.5, 0.6) is 0 Å². The van der Waals surface area contributed by atoms with Gasteiger partial charge in [0.2, 0.25) is 0 Å². The Bertz CT molecular complexity index is 590. The number of carbonyl (C=O) groups excluding carboxylic acids is 1. The van der Waals surface area contributed by atoms with Gasteiger partial charge in [0, 0.05) is 6.54 Å². The molecule has 2 N–H and O–H groups in total. The van der Waals surface area contributed by atoms with Crippen LogP contribution in [0, 0.1) is 11.3 Å². The van der Waals surface area contributed by atoms with Gasteiger partial charge in [0.15, 0.2) is 5.60 Å². The van der Waals surface area contributed by atoms with E-state index in [-0.39, 0.29) is 11.8 Å². The number of benzene rings is 1. The normalized spacial score (nSPS) is 37.6. The number of halogens is 1. The van der Waals surface area contributed by atoms with Gasteiger partial charge in [0.05, 0.1) is 12.0 Å². The van der Waals surface area contributed by atoms with Gasteiger partial charge < -0.3 is 15.4 Å². The first-order valence-corrected chi connectivity index (χ1v) is 8.53. The van der Waals surface area contributed by atoms with Crippen LogP contribution >= 0.6 is 0 Å². The van der Waals surface area contributed by atoms with E-state index in [4.69, 9.17) is 4.74 Å². The Morgan fingerprint density at radius 1 is 1.17 bits per heavy atom. The third kappa shape index (κ3) is 2.06. The van der Waals surface area contributed by atoms with Crippen LogP contribution in [-0.2, 0) is 16.0 Å². The monoisotopic (exact) mass is 318 g/mol. The number of morpholine rings is 1. The van der Waals surface area contributed by atoms with Crippen LogP contribution in [0.2, 0.25) is 0 Å². The van der Waals surface area contributed by atoms with Crippen LogP contribution in [0.1, 0.15) is 18.4 Å². The lowest BCUT2D eigenvalue weighted by Crippen LogP contribution is -2.52. The van der Waals surface area contributed by atoms with Gasteiger partial charge in [-0.2, -0.15) is 0 Å². The second kappa shape index (κ2) is 5.56. The summed E-state index contributed by atoms with van der Waals surface area (Å²) in [5.41, 5.74) is -0.920. The third-order valence-corrected chi connectivity index (χ3v) is 5.88. The molecule has 1 aliphatic carbocycles. The Kier molecular flexibility index (Phi) is 3.65. The zero-order chi connectivity index (χ0) is 15.9. The lowest BCUT2D eigenvalue weighted by Gasteiger charge is -2.35. The van der Waals surface area contributed by atoms with E-state index in [9.17, 15) is 4.79 Å². The van der Waals surface area contributed by atoms with Gasteiger partial charge in [0.1, 0.15) is 6.17 Å². The first-order valence-electron chi connectivity index (χ1n) is 8.53. The minimum atomic E-state index is -1.27. The molecule has 2 saturated heterocycles.